The molecule has 1 rings (SSSR count). The molecule has 0 saturated carbocycles. The van der Waals surface area contributed by atoms with Gasteiger partial charge in [-0.2, -0.15) is 0 Å². The molecule has 0 radical (unpaired) electrons. The molecule has 1 aromatic carbocycles. The monoisotopic (exact) mass is 254 g/mol. The van der Waals surface area contributed by atoms with E-state index >= 15 is 0 Å². The van der Waals surface area contributed by atoms with Gasteiger partial charge in [0, 0.05) is 24.7 Å². The number of rotatable bonds is 7. The fourth-order valence-corrected chi connectivity index (χ4v) is 1.92. The number of aliphatic hydroxyl groups is 1. The summed E-state index contributed by atoms with van der Waals surface area (Å²) < 4.78 is 13.6. The lowest BCUT2D eigenvalue weighted by molar-refractivity contribution is 0.106. The Labute approximate surface area is 109 Å². The average Bonchev–Trinajstić information content (AvgIpc) is 2.36. The van der Waals surface area contributed by atoms with E-state index in [4.69, 9.17) is 0 Å². The lowest BCUT2D eigenvalue weighted by Crippen LogP contribution is -2.37. The predicted octanol–water partition coefficient (Wildman–Crippen LogP) is 1.79. The van der Waals surface area contributed by atoms with Crippen LogP contribution in [0.15, 0.2) is 24.3 Å². The normalized spacial score (nSPS) is 14.8. The summed E-state index contributed by atoms with van der Waals surface area (Å²) in [6.45, 7) is 5.85. The molecule has 0 aromatic heterocycles. The minimum absolute atomic E-state index is 0.0533. The number of nitrogens with one attached hydrogen (secondary N) is 1. The van der Waals surface area contributed by atoms with E-state index in [1.54, 1.807) is 12.1 Å². The van der Waals surface area contributed by atoms with Gasteiger partial charge in [-0.05, 0) is 26.6 Å². The van der Waals surface area contributed by atoms with E-state index in [2.05, 4.69) is 5.32 Å². The highest BCUT2D eigenvalue weighted by Gasteiger charge is 2.17. The molecule has 102 valence electrons. The van der Waals surface area contributed by atoms with Gasteiger partial charge in [0.15, 0.2) is 0 Å². The third kappa shape index (κ3) is 4.37. The Morgan fingerprint density at radius 3 is 2.67 bits per heavy atom. The van der Waals surface area contributed by atoms with Gasteiger partial charge in [-0.25, -0.2) is 4.39 Å². The average molecular weight is 254 g/mol. The van der Waals surface area contributed by atoms with Crippen molar-refractivity contribution in [2.45, 2.75) is 26.0 Å². The van der Waals surface area contributed by atoms with Crippen LogP contribution in [-0.2, 0) is 0 Å². The second-order valence-electron chi connectivity index (χ2n) is 4.60. The zero-order valence-electron chi connectivity index (χ0n) is 11.4. The molecular formula is C14H23FN2O. The molecular weight excluding hydrogens is 231 g/mol. The van der Waals surface area contributed by atoms with Gasteiger partial charge in [0.25, 0.3) is 0 Å². The number of likely N-dealkylation sites (N-methyl/N-ethyl adjacent to an activating group) is 2. The summed E-state index contributed by atoms with van der Waals surface area (Å²) in [5.41, 5.74) is 0.663. The summed E-state index contributed by atoms with van der Waals surface area (Å²) in [4.78, 5) is 1.96. The first kappa shape index (κ1) is 15.1. The predicted molar refractivity (Wildman–Crippen MR) is 72.0 cm³/mol. The van der Waals surface area contributed by atoms with Crippen LogP contribution in [0.4, 0.5) is 4.39 Å². The van der Waals surface area contributed by atoms with E-state index in [0.717, 1.165) is 6.54 Å². The van der Waals surface area contributed by atoms with Gasteiger partial charge in [-0.3, -0.25) is 4.90 Å². The Balaban J connectivity index is 2.56. The van der Waals surface area contributed by atoms with Crippen LogP contribution < -0.4 is 5.32 Å². The Morgan fingerprint density at radius 2 is 2.06 bits per heavy atom. The zero-order valence-corrected chi connectivity index (χ0v) is 11.4. The molecule has 0 aliphatic heterocycles. The Bertz CT molecular complexity index is 359. The lowest BCUT2D eigenvalue weighted by atomic mass is 10.1. The van der Waals surface area contributed by atoms with Crippen molar-refractivity contribution in [2.24, 2.45) is 0 Å². The second kappa shape index (κ2) is 7.46. The van der Waals surface area contributed by atoms with Gasteiger partial charge in [0.1, 0.15) is 5.82 Å². The van der Waals surface area contributed by atoms with Crippen LogP contribution in [0.3, 0.4) is 0 Å². The van der Waals surface area contributed by atoms with Gasteiger partial charge in [0.05, 0.1) is 6.10 Å². The summed E-state index contributed by atoms with van der Waals surface area (Å²) in [7, 11) is 1.90. The van der Waals surface area contributed by atoms with Crippen LogP contribution in [-0.4, -0.2) is 42.8 Å². The summed E-state index contributed by atoms with van der Waals surface area (Å²) in [6.07, 6.45) is -0.441. The van der Waals surface area contributed by atoms with Gasteiger partial charge in [0.2, 0.25) is 0 Å². The Kier molecular flexibility index (Phi) is 6.25. The van der Waals surface area contributed by atoms with Crippen molar-refractivity contribution in [3.8, 4) is 0 Å². The molecule has 0 bridgehead atoms. The molecule has 2 atom stereocenters. The number of hydrogen-bond donors (Lipinski definition) is 2. The highest BCUT2D eigenvalue weighted by Crippen LogP contribution is 2.21. The van der Waals surface area contributed by atoms with E-state index in [1.165, 1.54) is 6.07 Å². The van der Waals surface area contributed by atoms with E-state index in [9.17, 15) is 9.50 Å². The molecule has 3 nitrogen and oxygen atoms in total. The van der Waals surface area contributed by atoms with Crippen molar-refractivity contribution in [2.75, 3.05) is 26.7 Å². The molecule has 2 N–H and O–H groups in total. The molecule has 4 heteroatoms. The van der Waals surface area contributed by atoms with Gasteiger partial charge >= 0.3 is 0 Å². The first-order valence-corrected chi connectivity index (χ1v) is 6.39. The largest absolute Gasteiger partial charge is 0.390 e. The SMILES string of the molecule is CCNCC(O)CN(C)C(C)c1ccccc1F. The van der Waals surface area contributed by atoms with Crippen LogP contribution >= 0.6 is 0 Å². The Hall–Kier alpha value is -0.970. The van der Waals surface area contributed by atoms with Gasteiger partial charge in [-0.15, -0.1) is 0 Å². The van der Waals surface area contributed by atoms with E-state index < -0.39 is 6.10 Å². The minimum Gasteiger partial charge on any atom is -0.390 e. The minimum atomic E-state index is -0.441. The topological polar surface area (TPSA) is 35.5 Å². The Morgan fingerprint density at radius 1 is 1.39 bits per heavy atom. The lowest BCUT2D eigenvalue weighted by Gasteiger charge is -2.27. The fraction of sp³-hybridized carbons (Fsp3) is 0.571. The molecule has 0 aliphatic carbocycles. The van der Waals surface area contributed by atoms with Crippen LogP contribution in [0.2, 0.25) is 0 Å². The van der Waals surface area contributed by atoms with E-state index in [0.29, 0.717) is 18.7 Å². The molecule has 18 heavy (non-hydrogen) atoms. The van der Waals surface area contributed by atoms with E-state index in [1.807, 2.05) is 31.9 Å². The molecule has 0 saturated heterocycles. The maximum absolute atomic E-state index is 13.6. The number of aliphatic hydroxyl groups excluding tert-OH is 1. The first-order valence-electron chi connectivity index (χ1n) is 6.39. The van der Waals surface area contributed by atoms with Crippen LogP contribution in [0.25, 0.3) is 0 Å². The van der Waals surface area contributed by atoms with Crippen molar-refractivity contribution in [3.63, 3.8) is 0 Å². The molecule has 2 unspecified atom stereocenters. The summed E-state index contributed by atoms with van der Waals surface area (Å²) in [5.74, 6) is -0.196. The number of benzene rings is 1. The van der Waals surface area contributed by atoms with Crippen molar-refractivity contribution in [1.82, 2.24) is 10.2 Å². The van der Waals surface area contributed by atoms with Crippen molar-refractivity contribution in [1.29, 1.82) is 0 Å². The number of hydrogen-bond acceptors (Lipinski definition) is 3. The summed E-state index contributed by atoms with van der Waals surface area (Å²) in [5, 5.41) is 12.9. The fourth-order valence-electron chi connectivity index (χ4n) is 1.92. The zero-order chi connectivity index (χ0) is 13.5. The van der Waals surface area contributed by atoms with Crippen molar-refractivity contribution < 1.29 is 9.50 Å². The van der Waals surface area contributed by atoms with Crippen LogP contribution in [0, 0.1) is 5.82 Å². The second-order valence-corrected chi connectivity index (χ2v) is 4.60. The number of nitrogens with zero attached hydrogens (tertiary/aromatic N) is 1. The third-order valence-electron chi connectivity index (χ3n) is 3.15. The standard InChI is InChI=1S/C14H23FN2O/c1-4-16-9-12(18)10-17(3)11(2)13-7-5-6-8-14(13)15/h5-8,11-12,16,18H,4,9-10H2,1-3H3. The summed E-state index contributed by atoms with van der Waals surface area (Å²) in [6, 6.07) is 6.72. The maximum Gasteiger partial charge on any atom is 0.127 e. The highest BCUT2D eigenvalue weighted by molar-refractivity contribution is 5.20. The van der Waals surface area contributed by atoms with Crippen LogP contribution in [0.1, 0.15) is 25.5 Å². The van der Waals surface area contributed by atoms with Crippen LogP contribution in [0.5, 0.6) is 0 Å². The van der Waals surface area contributed by atoms with E-state index in [-0.39, 0.29) is 11.9 Å². The first-order chi connectivity index (χ1) is 8.56. The quantitative estimate of drug-likeness (QED) is 0.778. The molecule has 0 aliphatic rings. The number of halogens is 1. The van der Waals surface area contributed by atoms with Crippen molar-refractivity contribution >= 4 is 0 Å². The maximum atomic E-state index is 13.6. The van der Waals surface area contributed by atoms with Crippen molar-refractivity contribution in [3.05, 3.63) is 35.6 Å². The molecule has 0 heterocycles. The molecule has 0 spiro atoms. The smallest absolute Gasteiger partial charge is 0.127 e. The summed E-state index contributed by atoms with van der Waals surface area (Å²) >= 11 is 0. The molecule has 0 fully saturated rings. The third-order valence-corrected chi connectivity index (χ3v) is 3.15. The highest BCUT2D eigenvalue weighted by atomic mass is 19.1. The molecule has 0 amide bonds. The molecule has 1 aromatic rings. The van der Waals surface area contributed by atoms with Gasteiger partial charge in [-0.1, -0.05) is 25.1 Å². The van der Waals surface area contributed by atoms with Gasteiger partial charge < -0.3 is 10.4 Å².